The summed E-state index contributed by atoms with van der Waals surface area (Å²) >= 11 is 0. The van der Waals surface area contributed by atoms with Gasteiger partial charge in [0.05, 0.1) is 19.8 Å². The first-order valence-corrected chi connectivity index (χ1v) is 11.9. The van der Waals surface area contributed by atoms with Crippen molar-refractivity contribution in [1.29, 1.82) is 0 Å². The van der Waals surface area contributed by atoms with Gasteiger partial charge >= 0.3 is 5.65 Å². The van der Waals surface area contributed by atoms with Gasteiger partial charge in [-0.25, -0.2) is 4.57 Å². The zero-order chi connectivity index (χ0) is 22.4. The van der Waals surface area contributed by atoms with Crippen molar-refractivity contribution in [2.75, 3.05) is 5.73 Å². The van der Waals surface area contributed by atoms with E-state index in [0.29, 0.717) is 22.4 Å². The van der Waals surface area contributed by atoms with E-state index in [1.54, 1.807) is 6.20 Å². The smallest absolute Gasteiger partial charge is 0.329 e. The summed E-state index contributed by atoms with van der Waals surface area (Å²) in [4.78, 5) is 0. The largest absolute Gasteiger partial charge is 0.394 e. The van der Waals surface area contributed by atoms with Crippen LogP contribution in [0.2, 0.25) is 0 Å². The van der Waals surface area contributed by atoms with Crippen LogP contribution in [-0.2, 0) is 13.6 Å². The maximum atomic E-state index is 6.18. The maximum absolute atomic E-state index is 6.18. The molecular formula is C26H40N5+. The number of hydrogen-bond acceptors (Lipinski definition) is 3. The van der Waals surface area contributed by atoms with Gasteiger partial charge < -0.3 is 5.73 Å². The maximum Gasteiger partial charge on any atom is 0.329 e. The van der Waals surface area contributed by atoms with Crippen LogP contribution in [0.1, 0.15) is 72.6 Å². The summed E-state index contributed by atoms with van der Waals surface area (Å²) in [5.74, 6) is 1.47. The van der Waals surface area contributed by atoms with Gasteiger partial charge in [0.25, 0.3) is 0 Å². The van der Waals surface area contributed by atoms with Crippen molar-refractivity contribution in [3.63, 3.8) is 0 Å². The lowest BCUT2D eigenvalue weighted by Crippen LogP contribution is -2.49. The molecule has 2 fully saturated rings. The van der Waals surface area contributed by atoms with Gasteiger partial charge in [-0.05, 0) is 68.1 Å². The molecule has 0 amide bonds. The third kappa shape index (κ3) is 3.92. The van der Waals surface area contributed by atoms with Crippen molar-refractivity contribution in [3.8, 4) is 0 Å². The topological polar surface area (TPSA) is 60.6 Å². The fraction of sp³-hybridized carbons (Fsp3) is 0.654. The first-order chi connectivity index (χ1) is 14.6. The molecular weight excluding hydrogens is 382 g/mol. The fourth-order valence-corrected chi connectivity index (χ4v) is 6.91. The number of hydrogen-bond donors (Lipinski definition) is 1. The highest BCUT2D eigenvalue weighted by atomic mass is 15.2. The van der Waals surface area contributed by atoms with E-state index in [-0.39, 0.29) is 0 Å². The zero-order valence-corrected chi connectivity index (χ0v) is 20.1. The van der Waals surface area contributed by atoms with Crippen LogP contribution in [0.5, 0.6) is 0 Å². The Balaban J connectivity index is 1.47. The average molecular weight is 423 g/mol. The molecule has 0 spiro atoms. The molecule has 0 bridgehead atoms. The number of imidazole rings is 1. The Bertz CT molecular complexity index is 1010. The van der Waals surface area contributed by atoms with Crippen LogP contribution in [0.15, 0.2) is 36.3 Å². The molecule has 0 aliphatic heterocycles. The van der Waals surface area contributed by atoms with Gasteiger partial charge in [-0.2, -0.15) is 0 Å². The van der Waals surface area contributed by atoms with Crippen LogP contribution in [0, 0.1) is 22.7 Å². The van der Waals surface area contributed by atoms with E-state index in [9.17, 15) is 0 Å². The summed E-state index contributed by atoms with van der Waals surface area (Å²) in [7, 11) is 1.99. The molecule has 0 aromatic carbocycles. The second-order valence-electron chi connectivity index (χ2n) is 11.1. The molecule has 2 aromatic rings. The number of aryl methyl sites for hydroxylation is 1. The molecule has 2 N–H and O–H groups in total. The van der Waals surface area contributed by atoms with Crippen molar-refractivity contribution in [2.45, 2.75) is 79.2 Å². The summed E-state index contributed by atoms with van der Waals surface area (Å²) in [6.07, 6.45) is 15.0. The molecule has 2 aromatic heterocycles. The lowest BCUT2D eigenvalue weighted by molar-refractivity contribution is -0.647. The molecule has 2 aliphatic carbocycles. The molecule has 0 saturated heterocycles. The monoisotopic (exact) mass is 422 g/mol. The fourth-order valence-electron chi connectivity index (χ4n) is 6.91. The molecule has 2 aliphatic rings. The van der Waals surface area contributed by atoms with E-state index in [0.717, 1.165) is 30.0 Å². The van der Waals surface area contributed by atoms with Crippen LogP contribution < -0.4 is 10.3 Å². The predicted octanol–water partition coefficient (Wildman–Crippen LogP) is 5.36. The molecule has 2 heterocycles. The number of rotatable bonds is 5. The van der Waals surface area contributed by atoms with Crippen molar-refractivity contribution in [3.05, 3.63) is 36.3 Å². The number of nitrogen functional groups attached to an aromatic ring is 1. The van der Waals surface area contributed by atoms with Crippen molar-refractivity contribution in [1.82, 2.24) is 14.8 Å². The van der Waals surface area contributed by atoms with Gasteiger partial charge in [0.2, 0.25) is 5.52 Å². The number of aromatic nitrogens is 4. The van der Waals surface area contributed by atoms with Crippen LogP contribution in [-0.4, -0.2) is 14.8 Å². The molecule has 3 atom stereocenters. The van der Waals surface area contributed by atoms with Gasteiger partial charge in [-0.15, -0.1) is 0 Å². The van der Waals surface area contributed by atoms with Crippen molar-refractivity contribution in [2.24, 2.45) is 29.7 Å². The zero-order valence-electron chi connectivity index (χ0n) is 20.1. The van der Waals surface area contributed by atoms with E-state index in [2.05, 4.69) is 61.4 Å². The minimum absolute atomic E-state index is 0.412. The van der Waals surface area contributed by atoms with Crippen molar-refractivity contribution < 1.29 is 4.57 Å². The Morgan fingerprint density at radius 3 is 2.90 bits per heavy atom. The van der Waals surface area contributed by atoms with Gasteiger partial charge in [0.15, 0.2) is 6.33 Å². The van der Waals surface area contributed by atoms with E-state index < -0.39 is 0 Å². The van der Waals surface area contributed by atoms with E-state index in [4.69, 9.17) is 5.73 Å². The van der Waals surface area contributed by atoms with Gasteiger partial charge in [-0.1, -0.05) is 56.1 Å². The average Bonchev–Trinajstić information content (AvgIpc) is 3.02. The number of nitrogens with two attached hydrogens (primary N) is 1. The molecule has 31 heavy (non-hydrogen) atoms. The van der Waals surface area contributed by atoms with Gasteiger partial charge in [0, 0.05) is 5.10 Å². The summed E-state index contributed by atoms with van der Waals surface area (Å²) in [5, 5.41) is 8.22. The SMILES string of the molecule is C=C1CC[C@H]2C(C)(C)CCC[C@@]2(C)[C@@H]1CCC(C)=CCn1c[n+](C)c2nncc(N)c21. The van der Waals surface area contributed by atoms with E-state index in [1.165, 1.54) is 49.7 Å². The Labute approximate surface area is 187 Å². The second-order valence-corrected chi connectivity index (χ2v) is 11.1. The number of allylic oxidation sites excluding steroid dienone is 3. The Hall–Kier alpha value is -2.17. The normalized spacial score (nSPS) is 28.7. The minimum atomic E-state index is 0.412. The van der Waals surface area contributed by atoms with Gasteiger partial charge in [-0.3, -0.25) is 4.57 Å². The molecule has 0 unspecified atom stereocenters. The summed E-state index contributed by atoms with van der Waals surface area (Å²) in [6, 6.07) is 0. The van der Waals surface area contributed by atoms with Gasteiger partial charge in [0.1, 0.15) is 5.69 Å². The lowest BCUT2D eigenvalue weighted by atomic mass is 9.47. The van der Waals surface area contributed by atoms with Crippen LogP contribution in [0.4, 0.5) is 5.69 Å². The Morgan fingerprint density at radius 1 is 1.35 bits per heavy atom. The number of nitrogens with zero attached hydrogens (tertiary/aromatic N) is 4. The Kier molecular flexibility index (Phi) is 5.74. The summed E-state index contributed by atoms with van der Waals surface area (Å²) in [5.41, 5.74) is 12.5. The first kappa shape index (κ1) is 22.0. The molecule has 0 radical (unpaired) electrons. The number of anilines is 1. The first-order valence-electron chi connectivity index (χ1n) is 11.9. The molecule has 4 rings (SSSR count). The lowest BCUT2D eigenvalue weighted by Gasteiger charge is -2.58. The molecule has 5 nitrogen and oxygen atoms in total. The quantitative estimate of drug-likeness (QED) is 0.521. The molecule has 5 heteroatoms. The third-order valence-electron chi connectivity index (χ3n) is 8.55. The highest BCUT2D eigenvalue weighted by Crippen LogP contribution is 2.61. The summed E-state index contributed by atoms with van der Waals surface area (Å²) in [6.45, 7) is 15.2. The summed E-state index contributed by atoms with van der Waals surface area (Å²) < 4.78 is 4.16. The second kappa shape index (κ2) is 8.07. The van der Waals surface area contributed by atoms with E-state index >= 15 is 0 Å². The predicted molar refractivity (Wildman–Crippen MR) is 127 cm³/mol. The highest BCUT2D eigenvalue weighted by Gasteiger charge is 2.52. The standard InChI is InChI=1S/C26H40N5/c1-18(12-15-31-17-30(6)24-23(31)21(27)16-28-29-24)8-10-20-19(2)9-11-22-25(3,4)13-7-14-26(20,22)5/h12,16-17,20,22H,2,7-11,13-15H2,1,3-6H3,(H2,27,29)/q+1/t20-,22+,26+/m1/s1. The van der Waals surface area contributed by atoms with Crippen LogP contribution >= 0.6 is 0 Å². The Morgan fingerprint density at radius 2 is 2.13 bits per heavy atom. The van der Waals surface area contributed by atoms with Crippen LogP contribution in [0.25, 0.3) is 11.2 Å². The van der Waals surface area contributed by atoms with Crippen LogP contribution in [0.3, 0.4) is 0 Å². The molecule has 2 saturated carbocycles. The third-order valence-corrected chi connectivity index (χ3v) is 8.55. The molecule has 168 valence electrons. The highest BCUT2D eigenvalue weighted by molar-refractivity contribution is 5.80. The minimum Gasteiger partial charge on any atom is -0.394 e. The van der Waals surface area contributed by atoms with Crippen molar-refractivity contribution >= 4 is 16.9 Å². The number of fused-ring (bicyclic) bond motifs is 2. The van der Waals surface area contributed by atoms with E-state index in [1.807, 2.05) is 11.6 Å².